The van der Waals surface area contributed by atoms with Gasteiger partial charge < -0.3 is 9.84 Å². The molecule has 1 aliphatic heterocycles. The lowest BCUT2D eigenvalue weighted by Gasteiger charge is -2.11. The van der Waals surface area contributed by atoms with E-state index in [1.807, 2.05) is 18.5 Å². The van der Waals surface area contributed by atoms with Crippen LogP contribution < -0.4 is 0 Å². The fourth-order valence-corrected chi connectivity index (χ4v) is 2.47. The maximum Gasteiger partial charge on any atom is 0.0797 e. The standard InChI is InChI=1S/C12H20N2O2/c1-8-12(10(3)15)9(2)14(13-8)7-11-5-4-6-16-11/h10-11,15H,4-7H2,1-3H3. The van der Waals surface area contributed by atoms with E-state index in [1.165, 1.54) is 0 Å². The van der Waals surface area contributed by atoms with E-state index >= 15 is 0 Å². The highest BCUT2D eigenvalue weighted by molar-refractivity contribution is 5.26. The first kappa shape index (κ1) is 11.6. The largest absolute Gasteiger partial charge is 0.389 e. The molecule has 0 amide bonds. The van der Waals surface area contributed by atoms with Crippen LogP contribution in [0.25, 0.3) is 0 Å². The Kier molecular flexibility index (Phi) is 3.30. The minimum atomic E-state index is -0.446. The van der Waals surface area contributed by atoms with Gasteiger partial charge in [-0.25, -0.2) is 0 Å². The van der Waals surface area contributed by atoms with Crippen LogP contribution in [0.5, 0.6) is 0 Å². The van der Waals surface area contributed by atoms with E-state index in [2.05, 4.69) is 5.10 Å². The van der Waals surface area contributed by atoms with E-state index in [-0.39, 0.29) is 0 Å². The molecule has 2 unspecified atom stereocenters. The van der Waals surface area contributed by atoms with Crippen LogP contribution in [0, 0.1) is 13.8 Å². The third-order valence-corrected chi connectivity index (χ3v) is 3.26. The molecule has 90 valence electrons. The molecule has 1 aliphatic rings. The lowest BCUT2D eigenvalue weighted by Crippen LogP contribution is -2.17. The summed E-state index contributed by atoms with van der Waals surface area (Å²) in [6, 6.07) is 0. The van der Waals surface area contributed by atoms with E-state index in [4.69, 9.17) is 4.74 Å². The number of ether oxygens (including phenoxy) is 1. The molecule has 1 aromatic rings. The van der Waals surface area contributed by atoms with Crippen LogP contribution >= 0.6 is 0 Å². The molecule has 0 spiro atoms. The summed E-state index contributed by atoms with van der Waals surface area (Å²) in [6.07, 6.45) is 2.10. The number of aryl methyl sites for hydroxylation is 1. The SMILES string of the molecule is Cc1nn(CC2CCCO2)c(C)c1C(C)O. The summed E-state index contributed by atoms with van der Waals surface area (Å²) in [6.45, 7) is 7.41. The zero-order chi connectivity index (χ0) is 11.7. The monoisotopic (exact) mass is 224 g/mol. The Balaban J connectivity index is 2.18. The van der Waals surface area contributed by atoms with E-state index < -0.39 is 6.10 Å². The van der Waals surface area contributed by atoms with Gasteiger partial charge >= 0.3 is 0 Å². The molecule has 0 aliphatic carbocycles. The van der Waals surface area contributed by atoms with E-state index in [0.717, 1.165) is 42.9 Å². The predicted octanol–water partition coefficient (Wildman–Crippen LogP) is 1.73. The smallest absolute Gasteiger partial charge is 0.0797 e. The molecule has 1 aromatic heterocycles. The summed E-state index contributed by atoms with van der Waals surface area (Å²) in [5, 5.41) is 14.1. The molecule has 2 atom stereocenters. The summed E-state index contributed by atoms with van der Waals surface area (Å²) >= 11 is 0. The van der Waals surface area contributed by atoms with Crippen molar-refractivity contribution in [2.45, 2.75) is 52.4 Å². The Hall–Kier alpha value is -0.870. The van der Waals surface area contributed by atoms with Crippen LogP contribution in [0.15, 0.2) is 0 Å². The topological polar surface area (TPSA) is 47.3 Å². The molecule has 2 rings (SSSR count). The van der Waals surface area contributed by atoms with Crippen molar-refractivity contribution in [3.05, 3.63) is 17.0 Å². The van der Waals surface area contributed by atoms with E-state index in [9.17, 15) is 5.11 Å². The average Bonchev–Trinajstić information content (AvgIpc) is 2.76. The molecule has 0 radical (unpaired) electrons. The fourth-order valence-electron chi connectivity index (χ4n) is 2.47. The zero-order valence-electron chi connectivity index (χ0n) is 10.2. The van der Waals surface area contributed by atoms with Gasteiger partial charge in [0.25, 0.3) is 0 Å². The van der Waals surface area contributed by atoms with Crippen LogP contribution in [-0.2, 0) is 11.3 Å². The summed E-state index contributed by atoms with van der Waals surface area (Å²) in [5.41, 5.74) is 2.94. The summed E-state index contributed by atoms with van der Waals surface area (Å²) in [7, 11) is 0. The minimum Gasteiger partial charge on any atom is -0.389 e. The minimum absolute atomic E-state index is 0.292. The Morgan fingerprint density at radius 2 is 2.31 bits per heavy atom. The number of aromatic nitrogens is 2. The molecule has 0 aromatic carbocycles. The molecular weight excluding hydrogens is 204 g/mol. The van der Waals surface area contributed by atoms with E-state index in [0.29, 0.717) is 6.10 Å². The third-order valence-electron chi connectivity index (χ3n) is 3.26. The first-order chi connectivity index (χ1) is 7.59. The second kappa shape index (κ2) is 4.55. The van der Waals surface area contributed by atoms with Crippen LogP contribution in [0.1, 0.15) is 42.8 Å². The quantitative estimate of drug-likeness (QED) is 0.850. The van der Waals surface area contributed by atoms with Crippen LogP contribution in [0.4, 0.5) is 0 Å². The molecule has 1 saturated heterocycles. The first-order valence-corrected chi connectivity index (χ1v) is 5.93. The molecule has 1 N–H and O–H groups in total. The number of hydrogen-bond acceptors (Lipinski definition) is 3. The van der Waals surface area contributed by atoms with Crippen molar-refractivity contribution in [1.82, 2.24) is 9.78 Å². The molecule has 4 heteroatoms. The average molecular weight is 224 g/mol. The Morgan fingerprint density at radius 3 is 2.81 bits per heavy atom. The number of rotatable bonds is 3. The first-order valence-electron chi connectivity index (χ1n) is 5.93. The maximum absolute atomic E-state index is 9.67. The van der Waals surface area contributed by atoms with Crippen LogP contribution in [0.3, 0.4) is 0 Å². The van der Waals surface area contributed by atoms with Crippen molar-refractivity contribution in [3.8, 4) is 0 Å². The van der Waals surface area contributed by atoms with Gasteiger partial charge in [-0.1, -0.05) is 0 Å². The normalized spacial score (nSPS) is 22.6. The number of aliphatic hydroxyl groups excluding tert-OH is 1. The van der Waals surface area contributed by atoms with E-state index in [1.54, 1.807) is 6.92 Å². The Labute approximate surface area is 96.2 Å². The lowest BCUT2D eigenvalue weighted by atomic mass is 10.1. The Bertz CT molecular complexity index is 365. The van der Waals surface area contributed by atoms with Gasteiger partial charge in [0.2, 0.25) is 0 Å². The van der Waals surface area contributed by atoms with Crippen molar-refractivity contribution in [2.24, 2.45) is 0 Å². The van der Waals surface area contributed by atoms with Gasteiger partial charge in [-0.05, 0) is 33.6 Å². The highest BCUT2D eigenvalue weighted by Crippen LogP contribution is 2.22. The van der Waals surface area contributed by atoms with Gasteiger partial charge in [-0.15, -0.1) is 0 Å². The second-order valence-electron chi connectivity index (χ2n) is 4.58. The molecule has 0 bridgehead atoms. The van der Waals surface area contributed by atoms with Crippen molar-refractivity contribution in [3.63, 3.8) is 0 Å². The van der Waals surface area contributed by atoms with Gasteiger partial charge in [-0.2, -0.15) is 5.10 Å². The summed E-state index contributed by atoms with van der Waals surface area (Å²) < 4.78 is 7.56. The maximum atomic E-state index is 9.67. The van der Waals surface area contributed by atoms with Crippen molar-refractivity contribution >= 4 is 0 Å². The number of aliphatic hydroxyl groups is 1. The van der Waals surface area contributed by atoms with Crippen molar-refractivity contribution in [2.75, 3.05) is 6.61 Å². The molecule has 0 saturated carbocycles. The molecule has 2 heterocycles. The fraction of sp³-hybridized carbons (Fsp3) is 0.750. The predicted molar refractivity (Wildman–Crippen MR) is 61.3 cm³/mol. The highest BCUT2D eigenvalue weighted by atomic mass is 16.5. The van der Waals surface area contributed by atoms with Gasteiger partial charge in [0.1, 0.15) is 0 Å². The molecular formula is C12H20N2O2. The van der Waals surface area contributed by atoms with Crippen molar-refractivity contribution in [1.29, 1.82) is 0 Å². The van der Waals surface area contributed by atoms with Crippen molar-refractivity contribution < 1.29 is 9.84 Å². The molecule has 4 nitrogen and oxygen atoms in total. The zero-order valence-corrected chi connectivity index (χ0v) is 10.2. The van der Waals surface area contributed by atoms with Crippen LogP contribution in [0.2, 0.25) is 0 Å². The van der Waals surface area contributed by atoms with Gasteiger partial charge in [0.15, 0.2) is 0 Å². The van der Waals surface area contributed by atoms with Gasteiger partial charge in [0.05, 0.1) is 24.4 Å². The molecule has 1 fully saturated rings. The summed E-state index contributed by atoms with van der Waals surface area (Å²) in [5.74, 6) is 0. The highest BCUT2D eigenvalue weighted by Gasteiger charge is 2.20. The van der Waals surface area contributed by atoms with Crippen LogP contribution in [-0.4, -0.2) is 27.6 Å². The van der Waals surface area contributed by atoms with Gasteiger partial charge in [-0.3, -0.25) is 4.68 Å². The second-order valence-corrected chi connectivity index (χ2v) is 4.58. The number of nitrogens with zero attached hydrogens (tertiary/aromatic N) is 2. The summed E-state index contributed by atoms with van der Waals surface area (Å²) in [4.78, 5) is 0. The van der Waals surface area contributed by atoms with Gasteiger partial charge in [0, 0.05) is 17.9 Å². The third kappa shape index (κ3) is 2.13. The number of hydrogen-bond donors (Lipinski definition) is 1. The molecule has 16 heavy (non-hydrogen) atoms. The Morgan fingerprint density at radius 1 is 1.56 bits per heavy atom. The lowest BCUT2D eigenvalue weighted by molar-refractivity contribution is 0.0932.